The number of carboxylic acid groups (broad SMARTS) is 1. The quantitative estimate of drug-likeness (QED) is 0.759. The molecular weight excluding hydrogens is 206 g/mol. The van der Waals surface area contributed by atoms with E-state index in [1.54, 1.807) is 0 Å². The van der Waals surface area contributed by atoms with Gasteiger partial charge in [-0.1, -0.05) is 20.3 Å². The normalized spacial score (nSPS) is 20.8. The van der Waals surface area contributed by atoms with Gasteiger partial charge in [-0.2, -0.15) is 0 Å². The van der Waals surface area contributed by atoms with Gasteiger partial charge in [0.15, 0.2) is 0 Å². The fourth-order valence-corrected chi connectivity index (χ4v) is 1.87. The van der Waals surface area contributed by atoms with Crippen molar-refractivity contribution in [3.05, 3.63) is 0 Å². The van der Waals surface area contributed by atoms with Crippen molar-refractivity contribution in [2.75, 3.05) is 26.7 Å². The Bertz CT molecular complexity index is 185. The van der Waals surface area contributed by atoms with E-state index in [2.05, 4.69) is 23.5 Å². The SMILES string of the molecule is CCCCN1CCCC(C)C1.COC(=O)O. The van der Waals surface area contributed by atoms with Crippen molar-refractivity contribution in [2.45, 2.75) is 39.5 Å². The van der Waals surface area contributed by atoms with E-state index >= 15 is 0 Å². The minimum Gasteiger partial charge on any atom is -0.450 e. The zero-order valence-electron chi connectivity index (χ0n) is 10.7. The first-order valence-corrected chi connectivity index (χ1v) is 6.09. The van der Waals surface area contributed by atoms with Crippen molar-refractivity contribution in [1.82, 2.24) is 4.90 Å². The molecule has 0 aromatic rings. The number of hydrogen-bond donors (Lipinski definition) is 1. The number of nitrogens with zero attached hydrogens (tertiary/aromatic N) is 1. The second-order valence-corrected chi connectivity index (χ2v) is 4.37. The standard InChI is InChI=1S/C10H21N.C2H4O3/c1-3-4-7-11-8-5-6-10(2)9-11;1-5-2(3)4/h10H,3-9H2,1-2H3;1H3,(H,3,4). The van der Waals surface area contributed by atoms with Crippen molar-refractivity contribution in [3.63, 3.8) is 0 Å². The highest BCUT2D eigenvalue weighted by Crippen LogP contribution is 2.15. The molecule has 1 unspecified atom stereocenters. The summed E-state index contributed by atoms with van der Waals surface area (Å²) in [7, 11) is 1.10. The molecule has 0 saturated carbocycles. The Morgan fingerprint density at radius 1 is 1.56 bits per heavy atom. The second-order valence-electron chi connectivity index (χ2n) is 4.37. The molecule has 1 N–H and O–H groups in total. The molecule has 0 amide bonds. The van der Waals surface area contributed by atoms with Crippen molar-refractivity contribution in [3.8, 4) is 0 Å². The Labute approximate surface area is 98.6 Å². The van der Waals surface area contributed by atoms with Gasteiger partial charge in [0, 0.05) is 6.54 Å². The largest absolute Gasteiger partial charge is 0.505 e. The highest BCUT2D eigenvalue weighted by atomic mass is 16.6. The van der Waals surface area contributed by atoms with Crippen LogP contribution in [0.15, 0.2) is 0 Å². The van der Waals surface area contributed by atoms with Crippen LogP contribution in [0.1, 0.15) is 39.5 Å². The number of hydrogen-bond acceptors (Lipinski definition) is 3. The highest BCUT2D eigenvalue weighted by Gasteiger charge is 2.14. The first kappa shape index (κ1) is 15.2. The summed E-state index contributed by atoms with van der Waals surface area (Å²) in [6.07, 6.45) is 4.34. The molecule has 1 aliphatic rings. The van der Waals surface area contributed by atoms with Gasteiger partial charge >= 0.3 is 6.16 Å². The third-order valence-corrected chi connectivity index (χ3v) is 2.74. The summed E-state index contributed by atoms with van der Waals surface area (Å²) >= 11 is 0. The highest BCUT2D eigenvalue weighted by molar-refractivity contribution is 5.56. The molecule has 0 bridgehead atoms. The lowest BCUT2D eigenvalue weighted by molar-refractivity contribution is 0.114. The van der Waals surface area contributed by atoms with Crippen LogP contribution in [-0.4, -0.2) is 42.9 Å². The first-order chi connectivity index (χ1) is 7.60. The molecule has 0 spiro atoms. The summed E-state index contributed by atoms with van der Waals surface area (Å²) < 4.78 is 3.67. The predicted octanol–water partition coefficient (Wildman–Crippen LogP) is 2.83. The molecule has 0 aromatic carbocycles. The Balaban J connectivity index is 0.000000385. The van der Waals surface area contributed by atoms with Crippen LogP contribution in [0, 0.1) is 5.92 Å². The van der Waals surface area contributed by atoms with Crippen molar-refractivity contribution >= 4 is 6.16 Å². The second kappa shape index (κ2) is 9.46. The van der Waals surface area contributed by atoms with Gasteiger partial charge < -0.3 is 14.7 Å². The van der Waals surface area contributed by atoms with Gasteiger partial charge in [0.2, 0.25) is 0 Å². The van der Waals surface area contributed by atoms with Crippen LogP contribution in [0.4, 0.5) is 4.79 Å². The average molecular weight is 231 g/mol. The van der Waals surface area contributed by atoms with E-state index in [9.17, 15) is 0 Å². The van der Waals surface area contributed by atoms with Crippen molar-refractivity contribution in [2.24, 2.45) is 5.92 Å². The van der Waals surface area contributed by atoms with Gasteiger partial charge in [0.1, 0.15) is 0 Å². The van der Waals surface area contributed by atoms with Crippen LogP contribution in [-0.2, 0) is 4.74 Å². The minimum atomic E-state index is -1.25. The molecule has 0 aliphatic carbocycles. The fraction of sp³-hybridized carbons (Fsp3) is 0.917. The first-order valence-electron chi connectivity index (χ1n) is 6.09. The van der Waals surface area contributed by atoms with E-state index in [1.165, 1.54) is 45.3 Å². The van der Waals surface area contributed by atoms with Gasteiger partial charge in [-0.15, -0.1) is 0 Å². The smallest absolute Gasteiger partial charge is 0.450 e. The minimum absolute atomic E-state index is 0.945. The summed E-state index contributed by atoms with van der Waals surface area (Å²) in [5.74, 6) is 0.945. The lowest BCUT2D eigenvalue weighted by Crippen LogP contribution is -2.34. The summed E-state index contributed by atoms with van der Waals surface area (Å²) in [6, 6.07) is 0. The summed E-state index contributed by atoms with van der Waals surface area (Å²) in [4.78, 5) is 11.8. The van der Waals surface area contributed by atoms with Gasteiger partial charge in [-0.3, -0.25) is 0 Å². The molecule has 4 nitrogen and oxygen atoms in total. The van der Waals surface area contributed by atoms with Crippen molar-refractivity contribution in [1.29, 1.82) is 0 Å². The van der Waals surface area contributed by atoms with Gasteiger partial charge in [-0.25, -0.2) is 4.79 Å². The molecule has 1 rings (SSSR count). The van der Waals surface area contributed by atoms with Crippen LogP contribution in [0.3, 0.4) is 0 Å². The molecule has 1 heterocycles. The molecule has 16 heavy (non-hydrogen) atoms. The van der Waals surface area contributed by atoms with Gasteiger partial charge in [0.05, 0.1) is 7.11 Å². The van der Waals surface area contributed by atoms with Crippen molar-refractivity contribution < 1.29 is 14.6 Å². The van der Waals surface area contributed by atoms with E-state index in [-0.39, 0.29) is 0 Å². The Morgan fingerprint density at radius 3 is 2.62 bits per heavy atom. The number of likely N-dealkylation sites (tertiary alicyclic amines) is 1. The topological polar surface area (TPSA) is 49.8 Å². The van der Waals surface area contributed by atoms with E-state index in [1.807, 2.05) is 0 Å². The van der Waals surface area contributed by atoms with Gasteiger partial charge in [0.25, 0.3) is 0 Å². The lowest BCUT2D eigenvalue weighted by atomic mass is 10.0. The number of piperidine rings is 1. The maximum Gasteiger partial charge on any atom is 0.505 e. The zero-order valence-corrected chi connectivity index (χ0v) is 10.7. The molecule has 1 aliphatic heterocycles. The Morgan fingerprint density at radius 2 is 2.19 bits per heavy atom. The van der Waals surface area contributed by atoms with Gasteiger partial charge in [-0.05, 0) is 38.3 Å². The molecule has 4 heteroatoms. The average Bonchev–Trinajstić information content (AvgIpc) is 2.27. The molecule has 96 valence electrons. The fourth-order valence-electron chi connectivity index (χ4n) is 1.87. The molecule has 1 saturated heterocycles. The monoisotopic (exact) mass is 231 g/mol. The zero-order chi connectivity index (χ0) is 12.4. The molecule has 1 fully saturated rings. The van der Waals surface area contributed by atoms with Crippen LogP contribution < -0.4 is 0 Å². The number of rotatable bonds is 3. The van der Waals surface area contributed by atoms with Crippen LogP contribution in [0.5, 0.6) is 0 Å². The third-order valence-electron chi connectivity index (χ3n) is 2.74. The maximum atomic E-state index is 9.15. The van der Waals surface area contributed by atoms with E-state index < -0.39 is 6.16 Å². The van der Waals surface area contributed by atoms with Crippen LogP contribution in [0.25, 0.3) is 0 Å². The summed E-state index contributed by atoms with van der Waals surface area (Å²) in [5, 5.41) is 7.50. The van der Waals surface area contributed by atoms with E-state index in [0.717, 1.165) is 13.0 Å². The number of ether oxygens (including phenoxy) is 1. The summed E-state index contributed by atoms with van der Waals surface area (Å²) in [5.41, 5.74) is 0. The van der Waals surface area contributed by atoms with Crippen LogP contribution in [0.2, 0.25) is 0 Å². The maximum absolute atomic E-state index is 9.15. The number of carbonyl (C=O) groups is 1. The third kappa shape index (κ3) is 8.53. The number of unbranched alkanes of at least 4 members (excludes halogenated alkanes) is 1. The molecule has 0 aromatic heterocycles. The van der Waals surface area contributed by atoms with E-state index in [0.29, 0.717) is 0 Å². The molecular formula is C12H25NO3. The number of methoxy groups -OCH3 is 1. The lowest BCUT2D eigenvalue weighted by Gasteiger charge is -2.30. The summed E-state index contributed by atoms with van der Waals surface area (Å²) in [6.45, 7) is 8.68. The predicted molar refractivity (Wildman–Crippen MR) is 64.8 cm³/mol. The molecule has 1 atom stereocenters. The Kier molecular flexibility index (Phi) is 9.00. The molecule has 0 radical (unpaired) electrons. The Hall–Kier alpha value is -0.770. The van der Waals surface area contributed by atoms with Crippen LogP contribution >= 0.6 is 0 Å². The van der Waals surface area contributed by atoms with E-state index in [4.69, 9.17) is 9.90 Å².